The number of nitrogens with zero attached hydrogens (tertiary/aromatic N) is 5. The summed E-state index contributed by atoms with van der Waals surface area (Å²) >= 11 is 0. The summed E-state index contributed by atoms with van der Waals surface area (Å²) in [6.07, 6.45) is -1.08. The fourth-order valence-corrected chi connectivity index (χ4v) is 1.42. The highest BCUT2D eigenvalue weighted by molar-refractivity contribution is 4.99. The van der Waals surface area contributed by atoms with Gasteiger partial charge in [0.15, 0.2) is 0 Å². The van der Waals surface area contributed by atoms with Gasteiger partial charge in [0.1, 0.15) is 6.10 Å². The van der Waals surface area contributed by atoms with Crippen molar-refractivity contribution >= 4 is 0 Å². The first-order chi connectivity index (χ1) is 8.27. The third kappa shape index (κ3) is 3.21. The third-order valence-electron chi connectivity index (χ3n) is 2.53. The minimum Gasteiger partial charge on any atom is -0.422 e. The molecule has 0 fully saturated rings. The van der Waals surface area contributed by atoms with Crippen molar-refractivity contribution in [2.75, 3.05) is 0 Å². The SMILES string of the molecule is CC(C)C(N=[N+]=[N-])C(O)c1nnc(C(C)(C)C)o1. The Labute approximate surface area is 106 Å². The van der Waals surface area contributed by atoms with Crippen LogP contribution in [0, 0.1) is 5.92 Å². The second-order valence-electron chi connectivity index (χ2n) is 5.58. The van der Waals surface area contributed by atoms with E-state index >= 15 is 0 Å². The molecular weight excluding hydrogens is 234 g/mol. The number of hydrogen-bond donors (Lipinski definition) is 1. The van der Waals surface area contributed by atoms with Crippen LogP contribution in [0.15, 0.2) is 9.53 Å². The summed E-state index contributed by atoms with van der Waals surface area (Å²) in [4.78, 5) is 2.73. The van der Waals surface area contributed by atoms with E-state index in [0.717, 1.165) is 0 Å². The van der Waals surface area contributed by atoms with Crippen molar-refractivity contribution in [2.45, 2.75) is 52.2 Å². The maximum Gasteiger partial charge on any atom is 0.245 e. The normalized spacial score (nSPS) is 15.3. The predicted molar refractivity (Wildman–Crippen MR) is 65.7 cm³/mol. The highest BCUT2D eigenvalue weighted by Crippen LogP contribution is 2.27. The van der Waals surface area contributed by atoms with E-state index in [1.807, 2.05) is 34.6 Å². The quantitative estimate of drug-likeness (QED) is 0.505. The van der Waals surface area contributed by atoms with Crippen LogP contribution < -0.4 is 0 Å². The van der Waals surface area contributed by atoms with Gasteiger partial charge in [-0.2, -0.15) is 0 Å². The maximum absolute atomic E-state index is 10.1. The van der Waals surface area contributed by atoms with Crippen LogP contribution in [0.5, 0.6) is 0 Å². The lowest BCUT2D eigenvalue weighted by Crippen LogP contribution is -2.22. The lowest BCUT2D eigenvalue weighted by atomic mass is 9.97. The molecule has 1 aromatic rings. The molecule has 0 aliphatic carbocycles. The van der Waals surface area contributed by atoms with Crippen LogP contribution in [-0.4, -0.2) is 21.3 Å². The van der Waals surface area contributed by atoms with Gasteiger partial charge < -0.3 is 9.52 Å². The molecule has 1 N–H and O–H groups in total. The van der Waals surface area contributed by atoms with E-state index in [1.54, 1.807) is 0 Å². The first-order valence-corrected chi connectivity index (χ1v) is 5.83. The molecule has 0 amide bonds. The average Bonchev–Trinajstić information content (AvgIpc) is 2.73. The van der Waals surface area contributed by atoms with Gasteiger partial charge in [0, 0.05) is 10.3 Å². The van der Waals surface area contributed by atoms with E-state index in [-0.39, 0.29) is 17.2 Å². The molecule has 18 heavy (non-hydrogen) atoms. The highest BCUT2D eigenvalue weighted by atomic mass is 16.4. The van der Waals surface area contributed by atoms with Crippen molar-refractivity contribution in [2.24, 2.45) is 11.0 Å². The molecule has 7 nitrogen and oxygen atoms in total. The van der Waals surface area contributed by atoms with Gasteiger partial charge >= 0.3 is 0 Å². The van der Waals surface area contributed by atoms with Gasteiger partial charge in [-0.15, -0.1) is 10.2 Å². The fourth-order valence-electron chi connectivity index (χ4n) is 1.42. The van der Waals surface area contributed by atoms with E-state index in [0.29, 0.717) is 5.89 Å². The van der Waals surface area contributed by atoms with Crippen LogP contribution in [0.4, 0.5) is 0 Å². The molecule has 100 valence electrons. The number of aliphatic hydroxyl groups excluding tert-OH is 1. The van der Waals surface area contributed by atoms with Gasteiger partial charge in [-0.05, 0) is 11.4 Å². The summed E-state index contributed by atoms with van der Waals surface area (Å²) in [5.41, 5.74) is 8.22. The Morgan fingerprint density at radius 3 is 2.33 bits per heavy atom. The first kappa shape index (κ1) is 14.5. The Kier molecular flexibility index (Phi) is 4.32. The van der Waals surface area contributed by atoms with Crippen molar-refractivity contribution in [3.8, 4) is 0 Å². The molecule has 2 atom stereocenters. The molecule has 1 heterocycles. The Balaban J connectivity index is 2.99. The predicted octanol–water partition coefficient (Wildman–Crippen LogP) is 2.74. The number of hydrogen-bond acceptors (Lipinski definition) is 5. The van der Waals surface area contributed by atoms with Crippen LogP contribution in [0.2, 0.25) is 0 Å². The summed E-state index contributed by atoms with van der Waals surface area (Å²) < 4.78 is 5.43. The first-order valence-electron chi connectivity index (χ1n) is 5.83. The van der Waals surface area contributed by atoms with Crippen LogP contribution >= 0.6 is 0 Å². The molecule has 2 unspecified atom stereocenters. The molecule has 0 saturated heterocycles. The number of aliphatic hydroxyl groups is 1. The molecular formula is C11H19N5O2. The second-order valence-corrected chi connectivity index (χ2v) is 5.58. The van der Waals surface area contributed by atoms with E-state index in [2.05, 4.69) is 20.2 Å². The second kappa shape index (κ2) is 5.37. The Hall–Kier alpha value is -1.59. The van der Waals surface area contributed by atoms with Gasteiger partial charge in [0.05, 0.1) is 6.04 Å². The zero-order valence-corrected chi connectivity index (χ0v) is 11.3. The standard InChI is InChI=1S/C11H19N5O2/c1-6(2)7(13-16-12)8(17)9-14-15-10(18-9)11(3,4)5/h6-8,17H,1-5H3. The van der Waals surface area contributed by atoms with Crippen molar-refractivity contribution in [3.05, 3.63) is 22.2 Å². The smallest absolute Gasteiger partial charge is 0.245 e. The van der Waals surface area contributed by atoms with Gasteiger partial charge in [0.25, 0.3) is 0 Å². The molecule has 0 aliphatic heterocycles. The Morgan fingerprint density at radius 1 is 1.33 bits per heavy atom. The molecule has 1 aromatic heterocycles. The summed E-state index contributed by atoms with van der Waals surface area (Å²) in [5.74, 6) is 0.506. The molecule has 0 aliphatic rings. The van der Waals surface area contributed by atoms with Crippen LogP contribution in [0.1, 0.15) is 52.5 Å². The van der Waals surface area contributed by atoms with E-state index in [9.17, 15) is 5.11 Å². The molecule has 7 heteroatoms. The molecule has 1 rings (SSSR count). The molecule has 0 aromatic carbocycles. The van der Waals surface area contributed by atoms with Crippen LogP contribution in [0.25, 0.3) is 10.4 Å². The van der Waals surface area contributed by atoms with E-state index < -0.39 is 12.1 Å². The van der Waals surface area contributed by atoms with Gasteiger partial charge in [-0.1, -0.05) is 39.7 Å². The number of azide groups is 1. The van der Waals surface area contributed by atoms with Crippen LogP contribution in [-0.2, 0) is 5.41 Å². The number of aromatic nitrogens is 2. The topological polar surface area (TPSA) is 108 Å². The molecule has 0 radical (unpaired) electrons. The van der Waals surface area contributed by atoms with E-state index in [1.165, 1.54) is 0 Å². The van der Waals surface area contributed by atoms with Crippen molar-refractivity contribution in [1.82, 2.24) is 10.2 Å². The molecule has 0 bridgehead atoms. The van der Waals surface area contributed by atoms with Gasteiger partial charge in [-0.25, -0.2) is 0 Å². The Morgan fingerprint density at radius 2 is 1.94 bits per heavy atom. The Bertz CT molecular complexity index is 443. The van der Waals surface area contributed by atoms with Crippen molar-refractivity contribution < 1.29 is 9.52 Å². The lowest BCUT2D eigenvalue weighted by Gasteiger charge is -2.18. The van der Waals surface area contributed by atoms with Crippen LogP contribution in [0.3, 0.4) is 0 Å². The highest BCUT2D eigenvalue weighted by Gasteiger charge is 2.30. The summed E-state index contributed by atoms with van der Waals surface area (Å²) in [6.45, 7) is 9.51. The molecule has 0 saturated carbocycles. The summed E-state index contributed by atoms with van der Waals surface area (Å²) in [6, 6.07) is -0.622. The molecule has 0 spiro atoms. The van der Waals surface area contributed by atoms with Gasteiger partial charge in [0.2, 0.25) is 11.8 Å². The third-order valence-corrected chi connectivity index (χ3v) is 2.53. The largest absolute Gasteiger partial charge is 0.422 e. The van der Waals surface area contributed by atoms with E-state index in [4.69, 9.17) is 9.95 Å². The number of rotatable bonds is 4. The summed E-state index contributed by atoms with van der Waals surface area (Å²) in [7, 11) is 0. The zero-order valence-electron chi connectivity index (χ0n) is 11.3. The zero-order chi connectivity index (χ0) is 13.9. The van der Waals surface area contributed by atoms with Crippen molar-refractivity contribution in [3.63, 3.8) is 0 Å². The van der Waals surface area contributed by atoms with Crippen molar-refractivity contribution in [1.29, 1.82) is 0 Å². The minimum atomic E-state index is -1.08. The summed E-state index contributed by atoms with van der Waals surface area (Å²) in [5, 5.41) is 21.4. The fraction of sp³-hybridized carbons (Fsp3) is 0.818. The average molecular weight is 253 g/mol. The monoisotopic (exact) mass is 253 g/mol. The van der Waals surface area contributed by atoms with Gasteiger partial charge in [-0.3, -0.25) is 0 Å². The minimum absolute atomic E-state index is 0.0270. The maximum atomic E-state index is 10.1. The lowest BCUT2D eigenvalue weighted by molar-refractivity contribution is 0.0947.